The van der Waals surface area contributed by atoms with Crippen LogP contribution in [0.4, 0.5) is 5.95 Å². The van der Waals surface area contributed by atoms with E-state index in [0.29, 0.717) is 5.95 Å². The second-order valence-corrected chi connectivity index (χ2v) is 7.56. The summed E-state index contributed by atoms with van der Waals surface area (Å²) < 4.78 is 5.39. The number of nitrogens with zero attached hydrogens (tertiary/aromatic N) is 3. The number of methoxy groups -OCH3 is 1. The average Bonchev–Trinajstić information content (AvgIpc) is 3.23. The van der Waals surface area contributed by atoms with Crippen LogP contribution >= 0.6 is 0 Å². The molecular weight excluding hydrogens is 354 g/mol. The van der Waals surface area contributed by atoms with E-state index in [9.17, 15) is 4.79 Å². The molecular formula is C21H29N5O2. The third kappa shape index (κ3) is 3.91. The average molecular weight is 383 g/mol. The number of likely N-dealkylation sites (N-methyl/N-ethyl adjacent to an activating group) is 1. The van der Waals surface area contributed by atoms with Crippen LogP contribution < -0.4 is 20.5 Å². The topological polar surface area (TPSA) is 73.5 Å². The van der Waals surface area contributed by atoms with Crippen molar-refractivity contribution < 1.29 is 4.74 Å². The van der Waals surface area contributed by atoms with Gasteiger partial charge in [-0.2, -0.15) is 0 Å². The van der Waals surface area contributed by atoms with Crippen LogP contribution in [0, 0.1) is 0 Å². The van der Waals surface area contributed by atoms with Crippen LogP contribution in [0.3, 0.4) is 0 Å². The minimum Gasteiger partial charge on any atom is -0.497 e. The van der Waals surface area contributed by atoms with E-state index in [-0.39, 0.29) is 17.4 Å². The summed E-state index contributed by atoms with van der Waals surface area (Å²) in [4.78, 5) is 24.8. The lowest BCUT2D eigenvalue weighted by Gasteiger charge is -2.34. The molecule has 0 radical (unpaired) electrons. The van der Waals surface area contributed by atoms with Crippen molar-refractivity contribution in [3.05, 3.63) is 51.9 Å². The first-order valence-electron chi connectivity index (χ1n) is 10.1. The predicted molar refractivity (Wildman–Crippen MR) is 111 cm³/mol. The van der Waals surface area contributed by atoms with Crippen LogP contribution in [-0.4, -0.2) is 67.8 Å². The van der Waals surface area contributed by atoms with E-state index in [2.05, 4.69) is 39.2 Å². The maximum atomic E-state index is 12.4. The Hall–Kier alpha value is -2.38. The van der Waals surface area contributed by atoms with Crippen molar-refractivity contribution in [2.24, 2.45) is 0 Å². The molecule has 2 aliphatic heterocycles. The van der Waals surface area contributed by atoms with Gasteiger partial charge in [-0.25, -0.2) is 4.98 Å². The number of aromatic amines is 1. The first-order valence-corrected chi connectivity index (χ1v) is 10.1. The van der Waals surface area contributed by atoms with Gasteiger partial charge in [0.05, 0.1) is 12.8 Å². The lowest BCUT2D eigenvalue weighted by atomic mass is 9.86. The number of hydrogen-bond donors (Lipinski definition) is 2. The Labute approximate surface area is 165 Å². The molecule has 0 amide bonds. The molecule has 7 heteroatoms. The van der Waals surface area contributed by atoms with Gasteiger partial charge in [-0.3, -0.25) is 9.78 Å². The first kappa shape index (κ1) is 19.0. The largest absolute Gasteiger partial charge is 0.497 e. The standard InChI is InChI=1S/C21H29N5O2/c1-3-25-7-9-26(10-8-25)21-23-19(12-20(27)24-21)18-14-22-13-17(18)15-5-4-6-16(11-15)28-2/h4-6,11-12,17-18,22H,3,7-10,13-14H2,1-2H3,(H,23,24,27)/t17-,18+/m0/s1. The summed E-state index contributed by atoms with van der Waals surface area (Å²) in [5.41, 5.74) is 2.01. The highest BCUT2D eigenvalue weighted by Crippen LogP contribution is 2.36. The first-order chi connectivity index (χ1) is 13.7. The minimum absolute atomic E-state index is 0.0748. The molecule has 2 atom stereocenters. The van der Waals surface area contributed by atoms with Crippen LogP contribution in [0.1, 0.15) is 30.0 Å². The number of aromatic nitrogens is 2. The number of H-pyrrole nitrogens is 1. The molecule has 28 heavy (non-hydrogen) atoms. The van der Waals surface area contributed by atoms with E-state index in [0.717, 1.165) is 57.3 Å². The second-order valence-electron chi connectivity index (χ2n) is 7.56. The molecule has 1 aromatic heterocycles. The molecule has 4 rings (SSSR count). The maximum Gasteiger partial charge on any atom is 0.252 e. The summed E-state index contributed by atoms with van der Waals surface area (Å²) in [6.07, 6.45) is 0. The van der Waals surface area contributed by atoms with Gasteiger partial charge < -0.3 is 19.9 Å². The Morgan fingerprint density at radius 2 is 1.93 bits per heavy atom. The molecule has 2 saturated heterocycles. The van der Waals surface area contributed by atoms with Gasteiger partial charge in [0.15, 0.2) is 0 Å². The van der Waals surface area contributed by atoms with E-state index in [1.165, 1.54) is 5.56 Å². The Balaban J connectivity index is 1.59. The molecule has 2 fully saturated rings. The molecule has 2 N–H and O–H groups in total. The molecule has 0 unspecified atom stereocenters. The highest BCUT2D eigenvalue weighted by atomic mass is 16.5. The molecule has 2 aliphatic rings. The van der Waals surface area contributed by atoms with Crippen molar-refractivity contribution in [1.29, 1.82) is 0 Å². The van der Waals surface area contributed by atoms with Crippen molar-refractivity contribution in [1.82, 2.24) is 20.2 Å². The van der Waals surface area contributed by atoms with Crippen molar-refractivity contribution in [3.63, 3.8) is 0 Å². The van der Waals surface area contributed by atoms with Gasteiger partial charge in [-0.1, -0.05) is 19.1 Å². The molecule has 0 spiro atoms. The van der Waals surface area contributed by atoms with E-state index in [4.69, 9.17) is 9.72 Å². The number of benzene rings is 1. The van der Waals surface area contributed by atoms with Crippen molar-refractivity contribution in [3.8, 4) is 5.75 Å². The molecule has 2 aromatic rings. The number of nitrogens with one attached hydrogen (secondary N) is 2. The fourth-order valence-corrected chi connectivity index (χ4v) is 4.29. The zero-order chi connectivity index (χ0) is 19.5. The number of piperazine rings is 1. The molecule has 0 bridgehead atoms. The van der Waals surface area contributed by atoms with Crippen LogP contribution in [0.2, 0.25) is 0 Å². The Morgan fingerprint density at radius 1 is 1.14 bits per heavy atom. The SMILES string of the molecule is CCN1CCN(c2nc([C@@H]3CNC[C@H]3c3cccc(OC)c3)cc(=O)[nH]2)CC1. The van der Waals surface area contributed by atoms with Gasteiger partial charge in [-0.05, 0) is 24.2 Å². The van der Waals surface area contributed by atoms with Gasteiger partial charge in [-0.15, -0.1) is 0 Å². The van der Waals surface area contributed by atoms with E-state index >= 15 is 0 Å². The molecule has 7 nitrogen and oxygen atoms in total. The summed E-state index contributed by atoms with van der Waals surface area (Å²) in [6, 6.07) is 9.86. The van der Waals surface area contributed by atoms with E-state index in [1.54, 1.807) is 13.2 Å². The fraction of sp³-hybridized carbons (Fsp3) is 0.524. The summed E-state index contributed by atoms with van der Waals surface area (Å²) in [7, 11) is 1.69. The molecule has 3 heterocycles. The summed E-state index contributed by atoms with van der Waals surface area (Å²) >= 11 is 0. The highest BCUT2D eigenvalue weighted by molar-refractivity contribution is 5.37. The third-order valence-corrected chi connectivity index (χ3v) is 5.98. The Morgan fingerprint density at radius 3 is 2.68 bits per heavy atom. The molecule has 150 valence electrons. The molecule has 0 saturated carbocycles. The van der Waals surface area contributed by atoms with Gasteiger partial charge >= 0.3 is 0 Å². The Kier molecular flexibility index (Phi) is 5.64. The van der Waals surface area contributed by atoms with Crippen LogP contribution in [0.25, 0.3) is 0 Å². The van der Waals surface area contributed by atoms with Gasteiger partial charge in [0, 0.05) is 57.2 Å². The van der Waals surface area contributed by atoms with Crippen molar-refractivity contribution in [2.45, 2.75) is 18.8 Å². The zero-order valence-electron chi connectivity index (χ0n) is 16.6. The number of ether oxygens (including phenoxy) is 1. The molecule has 1 aromatic carbocycles. The zero-order valence-corrected chi connectivity index (χ0v) is 16.6. The predicted octanol–water partition coefficient (Wildman–Crippen LogP) is 1.39. The number of anilines is 1. The van der Waals surface area contributed by atoms with Crippen molar-refractivity contribution >= 4 is 5.95 Å². The maximum absolute atomic E-state index is 12.4. The summed E-state index contributed by atoms with van der Waals surface area (Å²) in [5.74, 6) is 2.00. The number of hydrogen-bond acceptors (Lipinski definition) is 6. The lowest BCUT2D eigenvalue weighted by Crippen LogP contribution is -2.47. The van der Waals surface area contributed by atoms with E-state index < -0.39 is 0 Å². The van der Waals surface area contributed by atoms with Crippen LogP contribution in [0.15, 0.2) is 35.1 Å². The molecule has 0 aliphatic carbocycles. The Bertz CT molecular complexity index is 860. The smallest absolute Gasteiger partial charge is 0.252 e. The van der Waals surface area contributed by atoms with Crippen molar-refractivity contribution in [2.75, 3.05) is 57.8 Å². The van der Waals surface area contributed by atoms with Crippen LogP contribution in [-0.2, 0) is 0 Å². The second kappa shape index (κ2) is 8.32. The normalized spacial score (nSPS) is 23.1. The quantitative estimate of drug-likeness (QED) is 0.813. The van der Waals surface area contributed by atoms with Gasteiger partial charge in [0.2, 0.25) is 5.95 Å². The lowest BCUT2D eigenvalue weighted by molar-refractivity contribution is 0.269. The van der Waals surface area contributed by atoms with Gasteiger partial charge in [0.25, 0.3) is 5.56 Å². The summed E-state index contributed by atoms with van der Waals surface area (Å²) in [6.45, 7) is 8.73. The fourth-order valence-electron chi connectivity index (χ4n) is 4.29. The van der Waals surface area contributed by atoms with Crippen LogP contribution in [0.5, 0.6) is 5.75 Å². The van der Waals surface area contributed by atoms with E-state index in [1.807, 2.05) is 12.1 Å². The highest BCUT2D eigenvalue weighted by Gasteiger charge is 2.32. The monoisotopic (exact) mass is 383 g/mol. The minimum atomic E-state index is -0.0748. The summed E-state index contributed by atoms with van der Waals surface area (Å²) in [5, 5.41) is 3.48. The van der Waals surface area contributed by atoms with Gasteiger partial charge in [0.1, 0.15) is 5.75 Å². The number of rotatable bonds is 5. The third-order valence-electron chi connectivity index (χ3n) is 5.98.